The fourth-order valence-corrected chi connectivity index (χ4v) is 3.12. The maximum Gasteiger partial charge on any atom is 0.306 e. The van der Waals surface area contributed by atoms with Gasteiger partial charge in [-0.1, -0.05) is 52.5 Å². The predicted molar refractivity (Wildman–Crippen MR) is 109 cm³/mol. The third-order valence-electron chi connectivity index (χ3n) is 3.60. The molecule has 0 aliphatic carbocycles. The van der Waals surface area contributed by atoms with Gasteiger partial charge < -0.3 is 19.9 Å². The Labute approximate surface area is 181 Å². The number of hydrogen-bond donors (Lipinski definition) is 2. The molecule has 0 aliphatic heterocycles. The van der Waals surface area contributed by atoms with E-state index < -0.39 is 18.5 Å². The topological polar surface area (TPSA) is 84.9 Å². The van der Waals surface area contributed by atoms with Crippen LogP contribution in [0.2, 0.25) is 20.1 Å². The van der Waals surface area contributed by atoms with E-state index in [1.165, 1.54) is 19.2 Å². The van der Waals surface area contributed by atoms with Crippen LogP contribution in [0.3, 0.4) is 0 Å². The second kappa shape index (κ2) is 10.1. The highest BCUT2D eigenvalue weighted by Crippen LogP contribution is 2.40. The maximum atomic E-state index is 12.0. The molecule has 0 bridgehead atoms. The monoisotopic (exact) mass is 465 g/mol. The molecule has 150 valence electrons. The van der Waals surface area contributed by atoms with Crippen LogP contribution in [0.4, 0.5) is 5.69 Å². The number of nitrogens with one attached hydrogen (secondary N) is 1. The van der Waals surface area contributed by atoms with Crippen LogP contribution in [0.1, 0.15) is 12.0 Å². The van der Waals surface area contributed by atoms with Crippen LogP contribution in [0.5, 0.6) is 11.5 Å². The van der Waals surface area contributed by atoms with Crippen molar-refractivity contribution < 1.29 is 24.2 Å². The second-order valence-corrected chi connectivity index (χ2v) is 7.13. The van der Waals surface area contributed by atoms with E-state index in [4.69, 9.17) is 55.9 Å². The Balaban J connectivity index is 1.86. The Bertz CT molecular complexity index is 878. The molecule has 28 heavy (non-hydrogen) atoms. The van der Waals surface area contributed by atoms with E-state index in [0.717, 1.165) is 0 Å². The first-order valence-electron chi connectivity index (χ1n) is 7.87. The van der Waals surface area contributed by atoms with E-state index in [1.54, 1.807) is 12.1 Å². The minimum atomic E-state index is -0.655. The molecular formula is C18H15Cl4NO5. The minimum Gasteiger partial charge on any atom is -0.504 e. The van der Waals surface area contributed by atoms with Crippen molar-refractivity contribution in [1.29, 1.82) is 0 Å². The summed E-state index contributed by atoms with van der Waals surface area (Å²) < 4.78 is 9.87. The highest BCUT2D eigenvalue weighted by Gasteiger charge is 2.17. The minimum absolute atomic E-state index is 0.0174. The molecule has 2 aromatic rings. The molecule has 0 aromatic heterocycles. The van der Waals surface area contributed by atoms with E-state index in [0.29, 0.717) is 17.7 Å². The van der Waals surface area contributed by atoms with Gasteiger partial charge in [-0.3, -0.25) is 9.59 Å². The quantitative estimate of drug-likeness (QED) is 0.436. The normalized spacial score (nSPS) is 10.5. The number of carbonyl (C=O) groups excluding carboxylic acids is 2. The first-order chi connectivity index (χ1) is 13.2. The van der Waals surface area contributed by atoms with Crippen LogP contribution in [-0.4, -0.2) is 30.7 Å². The summed E-state index contributed by atoms with van der Waals surface area (Å²) >= 11 is 23.8. The fraction of sp³-hybridized carbons (Fsp3) is 0.222. The number of aryl methyl sites for hydroxylation is 1. The van der Waals surface area contributed by atoms with Crippen LogP contribution in [0.15, 0.2) is 24.3 Å². The SMILES string of the molecule is COc1ccc(CCC(=O)OCC(=O)Nc2c(Cl)c(Cl)cc(Cl)c2Cl)cc1O. The zero-order chi connectivity index (χ0) is 20.8. The number of ether oxygens (including phenoxy) is 2. The molecule has 0 heterocycles. The lowest BCUT2D eigenvalue weighted by Crippen LogP contribution is -2.21. The van der Waals surface area contributed by atoms with Gasteiger partial charge in [-0.2, -0.15) is 0 Å². The standard InChI is InChI=1S/C18H15Cl4NO5/c1-27-13-4-2-9(6-12(13)24)3-5-15(26)28-8-14(25)23-18-16(21)10(19)7-11(20)17(18)22/h2,4,6-7,24H,3,5,8H2,1H3,(H,23,25). The predicted octanol–water partition coefficient (Wildman–Crippen LogP) is 5.13. The molecule has 0 saturated heterocycles. The van der Waals surface area contributed by atoms with Crippen molar-refractivity contribution in [2.24, 2.45) is 0 Å². The van der Waals surface area contributed by atoms with Gasteiger partial charge in [-0.15, -0.1) is 0 Å². The largest absolute Gasteiger partial charge is 0.504 e. The number of methoxy groups -OCH3 is 1. The average Bonchev–Trinajstić information content (AvgIpc) is 2.66. The number of halogens is 4. The lowest BCUT2D eigenvalue weighted by molar-refractivity contribution is -0.147. The van der Waals surface area contributed by atoms with Gasteiger partial charge >= 0.3 is 5.97 Å². The van der Waals surface area contributed by atoms with Crippen molar-refractivity contribution >= 4 is 64.0 Å². The van der Waals surface area contributed by atoms with Crippen LogP contribution < -0.4 is 10.1 Å². The summed E-state index contributed by atoms with van der Waals surface area (Å²) in [6, 6.07) is 6.14. The van der Waals surface area contributed by atoms with Crippen molar-refractivity contribution in [3.8, 4) is 11.5 Å². The van der Waals surface area contributed by atoms with Crippen LogP contribution >= 0.6 is 46.4 Å². The van der Waals surface area contributed by atoms with Crippen molar-refractivity contribution in [2.75, 3.05) is 19.0 Å². The van der Waals surface area contributed by atoms with E-state index in [-0.39, 0.29) is 37.9 Å². The number of anilines is 1. The number of phenolic OH excluding ortho intramolecular Hbond substituents is 1. The number of phenols is 1. The summed E-state index contributed by atoms with van der Waals surface area (Å²) in [5, 5.41) is 12.4. The number of benzene rings is 2. The molecule has 2 N–H and O–H groups in total. The molecule has 0 saturated carbocycles. The first-order valence-corrected chi connectivity index (χ1v) is 9.38. The van der Waals surface area contributed by atoms with Gasteiger partial charge in [0.15, 0.2) is 18.1 Å². The Morgan fingerprint density at radius 3 is 2.29 bits per heavy atom. The summed E-state index contributed by atoms with van der Waals surface area (Å²) in [4.78, 5) is 23.8. The highest BCUT2D eigenvalue weighted by molar-refractivity contribution is 6.50. The van der Waals surface area contributed by atoms with Crippen LogP contribution in [0, 0.1) is 0 Å². The first kappa shape index (κ1) is 22.4. The number of carbonyl (C=O) groups is 2. The summed E-state index contributed by atoms with van der Waals surface area (Å²) in [6.45, 7) is -0.538. The van der Waals surface area contributed by atoms with Crippen molar-refractivity contribution in [1.82, 2.24) is 0 Å². The van der Waals surface area contributed by atoms with E-state index in [2.05, 4.69) is 5.32 Å². The van der Waals surface area contributed by atoms with Crippen molar-refractivity contribution in [3.63, 3.8) is 0 Å². The van der Waals surface area contributed by atoms with Crippen LogP contribution in [-0.2, 0) is 20.7 Å². The molecule has 6 nitrogen and oxygen atoms in total. The van der Waals surface area contributed by atoms with Gasteiger partial charge in [0.2, 0.25) is 0 Å². The zero-order valence-electron chi connectivity index (χ0n) is 14.5. The molecule has 0 fully saturated rings. The van der Waals surface area contributed by atoms with Crippen LogP contribution in [0.25, 0.3) is 0 Å². The van der Waals surface area contributed by atoms with Gasteiger partial charge in [-0.05, 0) is 30.2 Å². The Morgan fingerprint density at radius 1 is 1.07 bits per heavy atom. The van der Waals surface area contributed by atoms with E-state index >= 15 is 0 Å². The smallest absolute Gasteiger partial charge is 0.306 e. The number of hydrogen-bond acceptors (Lipinski definition) is 5. The molecule has 0 atom stereocenters. The van der Waals surface area contributed by atoms with Gasteiger partial charge in [0.05, 0.1) is 32.9 Å². The van der Waals surface area contributed by atoms with Gasteiger partial charge in [0.1, 0.15) is 0 Å². The molecule has 2 rings (SSSR count). The highest BCUT2D eigenvalue weighted by atomic mass is 35.5. The average molecular weight is 467 g/mol. The number of amides is 1. The van der Waals surface area contributed by atoms with Gasteiger partial charge in [-0.25, -0.2) is 0 Å². The third kappa shape index (κ3) is 5.82. The van der Waals surface area contributed by atoms with Crippen molar-refractivity contribution in [3.05, 3.63) is 49.9 Å². The molecule has 0 radical (unpaired) electrons. The summed E-state index contributed by atoms with van der Waals surface area (Å²) in [7, 11) is 1.44. The third-order valence-corrected chi connectivity index (χ3v) is 5.18. The molecule has 10 heteroatoms. The molecular weight excluding hydrogens is 452 g/mol. The second-order valence-electron chi connectivity index (χ2n) is 5.56. The molecule has 0 spiro atoms. The summed E-state index contributed by atoms with van der Waals surface area (Å²) in [5.41, 5.74) is 0.752. The Morgan fingerprint density at radius 2 is 1.71 bits per heavy atom. The number of aromatic hydroxyl groups is 1. The maximum absolute atomic E-state index is 12.0. The lowest BCUT2D eigenvalue weighted by Gasteiger charge is -2.12. The van der Waals surface area contributed by atoms with Crippen molar-refractivity contribution in [2.45, 2.75) is 12.8 Å². The molecule has 2 aromatic carbocycles. The fourth-order valence-electron chi connectivity index (χ4n) is 2.21. The summed E-state index contributed by atoms with van der Waals surface area (Å²) in [6.07, 6.45) is 0.336. The van der Waals surface area contributed by atoms with E-state index in [1.807, 2.05) is 0 Å². The summed E-state index contributed by atoms with van der Waals surface area (Å²) in [5.74, 6) is -0.938. The Hall–Kier alpha value is -1.86. The lowest BCUT2D eigenvalue weighted by atomic mass is 10.1. The molecule has 1 amide bonds. The molecule has 0 unspecified atom stereocenters. The Kier molecular flexibility index (Phi) is 8.07. The number of rotatable bonds is 7. The number of esters is 1. The van der Waals surface area contributed by atoms with Gasteiger partial charge in [0, 0.05) is 6.42 Å². The van der Waals surface area contributed by atoms with E-state index in [9.17, 15) is 14.7 Å². The van der Waals surface area contributed by atoms with Gasteiger partial charge in [0.25, 0.3) is 5.91 Å². The zero-order valence-corrected chi connectivity index (χ0v) is 17.5. The molecule has 0 aliphatic rings.